The van der Waals surface area contributed by atoms with Gasteiger partial charge in [-0.1, -0.05) is 36.0 Å². The van der Waals surface area contributed by atoms with Crippen molar-refractivity contribution in [2.24, 2.45) is 5.41 Å². The van der Waals surface area contributed by atoms with Crippen LogP contribution < -0.4 is 29.7 Å². The molecule has 1 saturated carbocycles. The molecule has 69 heavy (non-hydrogen) atoms. The van der Waals surface area contributed by atoms with Gasteiger partial charge in [-0.3, -0.25) is 9.88 Å². The first kappa shape index (κ1) is 46.5. The smallest absolute Gasteiger partial charge is 0.418 e. The summed E-state index contributed by atoms with van der Waals surface area (Å²) in [6, 6.07) is 14.6. The summed E-state index contributed by atoms with van der Waals surface area (Å²) in [6.45, 7) is 4.46. The van der Waals surface area contributed by atoms with Crippen molar-refractivity contribution in [3.8, 4) is 28.8 Å². The number of hydrogen-bond acceptors (Lipinski definition) is 14. The van der Waals surface area contributed by atoms with Gasteiger partial charge in [0.2, 0.25) is 5.88 Å². The van der Waals surface area contributed by atoms with Gasteiger partial charge < -0.3 is 29.7 Å². The maximum absolute atomic E-state index is 17.5. The molecule has 2 N–H and O–H groups in total. The van der Waals surface area contributed by atoms with Crippen molar-refractivity contribution in [3.63, 3.8) is 0 Å². The van der Waals surface area contributed by atoms with Crippen molar-refractivity contribution in [1.82, 2.24) is 34.8 Å². The highest BCUT2D eigenvalue weighted by Gasteiger charge is 2.77. The Hall–Kier alpha value is -6.22. The molecule has 6 aromatic rings. The first-order chi connectivity index (χ1) is 32.9. The Balaban J connectivity index is 1.10. The fourth-order valence-electron chi connectivity index (χ4n) is 10.4. The Labute approximate surface area is 396 Å². The summed E-state index contributed by atoms with van der Waals surface area (Å²) in [4.78, 5) is 33.5. The summed E-state index contributed by atoms with van der Waals surface area (Å²) >= 11 is 1.16. The summed E-state index contributed by atoms with van der Waals surface area (Å²) in [5, 5.41) is 0.00400. The maximum atomic E-state index is 17.5. The number of rotatable bonds is 13. The number of aromatic nitrogens is 6. The second-order valence-electron chi connectivity index (χ2n) is 18.2. The Morgan fingerprint density at radius 2 is 1.52 bits per heavy atom. The minimum absolute atomic E-state index is 0.0397. The molecule has 2 saturated heterocycles. The van der Waals surface area contributed by atoms with Crippen LogP contribution in [0.2, 0.25) is 0 Å². The van der Waals surface area contributed by atoms with Crippen molar-refractivity contribution in [1.29, 1.82) is 0 Å². The number of pyridine rings is 2. The zero-order valence-corrected chi connectivity index (χ0v) is 38.8. The number of alkyl halides is 5. The van der Waals surface area contributed by atoms with E-state index in [2.05, 4.69) is 24.8 Å². The van der Waals surface area contributed by atoms with E-state index in [-0.39, 0.29) is 54.8 Å². The number of fused-ring (bicyclic) bond motifs is 1. The second kappa shape index (κ2) is 17.3. The van der Waals surface area contributed by atoms with E-state index in [9.17, 15) is 26.3 Å². The lowest BCUT2D eigenvalue weighted by molar-refractivity contribution is -0.137. The number of ether oxygens (including phenoxy) is 3. The maximum Gasteiger partial charge on any atom is 0.418 e. The molecule has 1 aliphatic carbocycles. The number of nitrogens with zero attached hydrogens (tertiary/aromatic N) is 9. The highest BCUT2D eigenvalue weighted by atomic mass is 32.2. The first-order valence-corrected chi connectivity index (χ1v) is 23.3. The number of halogens is 7. The predicted octanol–water partition coefficient (Wildman–Crippen LogP) is 9.60. The molecule has 13 nitrogen and oxygen atoms in total. The monoisotopic (exact) mass is 976 g/mol. The number of hydrogen-bond donors (Lipinski definition) is 1. The van der Waals surface area contributed by atoms with E-state index in [1.807, 2.05) is 60.4 Å². The Morgan fingerprint density at radius 1 is 0.870 bits per heavy atom. The van der Waals surface area contributed by atoms with E-state index in [4.69, 9.17) is 34.9 Å². The lowest BCUT2D eigenvalue weighted by Crippen LogP contribution is -2.40. The van der Waals surface area contributed by atoms with Gasteiger partial charge in [0, 0.05) is 55.3 Å². The Kier molecular flexibility index (Phi) is 11.7. The molecule has 10 rings (SSSR count). The van der Waals surface area contributed by atoms with Gasteiger partial charge in [0.15, 0.2) is 28.4 Å². The Morgan fingerprint density at radius 3 is 2.14 bits per heavy atom. The van der Waals surface area contributed by atoms with Crippen molar-refractivity contribution >= 4 is 40.1 Å². The average Bonchev–Trinajstić information content (AvgIpc) is 3.53. The van der Waals surface area contributed by atoms with Crippen LogP contribution in [-0.2, 0) is 19.3 Å². The van der Waals surface area contributed by atoms with Crippen LogP contribution in [0.15, 0.2) is 66.1 Å². The van der Waals surface area contributed by atoms with Gasteiger partial charge in [0.05, 0.1) is 37.8 Å². The number of methoxy groups -OCH3 is 2. The molecule has 3 aliphatic heterocycles. The largest absolute Gasteiger partial charge is 0.497 e. The van der Waals surface area contributed by atoms with Crippen molar-refractivity contribution in [3.05, 3.63) is 101 Å². The molecule has 0 amide bonds. The molecule has 0 unspecified atom stereocenters. The molecule has 362 valence electrons. The molecule has 2 aromatic carbocycles. The van der Waals surface area contributed by atoms with Gasteiger partial charge in [0.1, 0.15) is 51.9 Å². The molecular weight excluding hydrogens is 930 g/mol. The third kappa shape index (κ3) is 8.23. The van der Waals surface area contributed by atoms with E-state index < -0.39 is 74.6 Å². The van der Waals surface area contributed by atoms with E-state index >= 15 is 4.39 Å². The highest BCUT2D eigenvalue weighted by Crippen LogP contribution is 2.70. The van der Waals surface area contributed by atoms with Crippen LogP contribution in [0.3, 0.4) is 0 Å². The van der Waals surface area contributed by atoms with Crippen LogP contribution >= 0.6 is 11.8 Å². The normalized spacial score (nSPS) is 21.0. The minimum atomic E-state index is -5.20. The topological polar surface area (TPSA) is 141 Å². The predicted molar refractivity (Wildman–Crippen MR) is 245 cm³/mol. The summed E-state index contributed by atoms with van der Waals surface area (Å²) in [6.07, 6.45) is -0.478. The molecule has 4 aliphatic rings. The van der Waals surface area contributed by atoms with Crippen molar-refractivity contribution in [2.75, 3.05) is 61.7 Å². The quantitative estimate of drug-likeness (QED) is 0.0667. The highest BCUT2D eigenvalue weighted by molar-refractivity contribution is 7.99. The van der Waals surface area contributed by atoms with Crippen LogP contribution in [0, 0.1) is 24.0 Å². The third-order valence-corrected chi connectivity index (χ3v) is 15.1. The van der Waals surface area contributed by atoms with Crippen LogP contribution in [0.25, 0.3) is 22.3 Å². The number of nitrogen functional groups attached to an aromatic ring is 1. The molecule has 3 atom stereocenters. The fraction of sp³-hybridized carbons (Fsp3) is 0.417. The van der Waals surface area contributed by atoms with Crippen LogP contribution in [0.1, 0.15) is 66.6 Å². The molecule has 0 bridgehead atoms. The second-order valence-corrected chi connectivity index (χ2v) is 19.1. The summed E-state index contributed by atoms with van der Waals surface area (Å²) in [5.74, 6) is -4.30. The SMILES string of the molecule is COc1ccc(CN(Cc2ccc(OC)cc2)c2nccnc2[C@@H](C)N2CCOc3nc(-c4nc(N)c(F)c(C)c4C(F)(F)F)c(F)c4nc(SC[C@@]56CCCN5C[C@]5(CC5(F)F)C6)nc2c34)cc1. The first-order valence-electron chi connectivity index (χ1n) is 22.4. The molecule has 1 spiro atoms. The van der Waals surface area contributed by atoms with Gasteiger partial charge in [0.25, 0.3) is 5.92 Å². The van der Waals surface area contributed by atoms with Gasteiger partial charge in [-0.25, -0.2) is 42.5 Å². The minimum Gasteiger partial charge on any atom is -0.497 e. The Bertz CT molecular complexity index is 2900. The molecule has 0 radical (unpaired) electrons. The third-order valence-electron chi connectivity index (χ3n) is 14.0. The summed E-state index contributed by atoms with van der Waals surface area (Å²) in [7, 11) is 3.19. The van der Waals surface area contributed by atoms with Crippen molar-refractivity contribution < 1.29 is 44.9 Å². The molecule has 21 heteroatoms. The fourth-order valence-corrected chi connectivity index (χ4v) is 11.5. The number of nitrogens with two attached hydrogens (primary N) is 1. The number of thioether (sulfide) groups is 1. The number of benzene rings is 2. The lowest BCUT2D eigenvalue weighted by Gasteiger charge is -2.33. The van der Waals surface area contributed by atoms with Gasteiger partial charge in [-0.05, 0) is 75.0 Å². The average molecular weight is 977 g/mol. The van der Waals surface area contributed by atoms with Crippen LogP contribution in [0.5, 0.6) is 17.4 Å². The van der Waals surface area contributed by atoms with E-state index in [1.54, 1.807) is 26.6 Å². The van der Waals surface area contributed by atoms with Crippen LogP contribution in [-0.4, -0.2) is 92.5 Å². The van der Waals surface area contributed by atoms with Gasteiger partial charge in [-0.15, -0.1) is 0 Å². The number of anilines is 3. The van der Waals surface area contributed by atoms with E-state index in [0.29, 0.717) is 54.8 Å². The summed E-state index contributed by atoms with van der Waals surface area (Å²) in [5.41, 5.74) is 1.65. The molecule has 4 aromatic heterocycles. The molecular formula is C48H47F7N10O3S. The van der Waals surface area contributed by atoms with E-state index in [0.717, 1.165) is 36.2 Å². The zero-order chi connectivity index (χ0) is 48.6. The summed E-state index contributed by atoms with van der Waals surface area (Å²) < 4.78 is 123. The standard InChI is InChI=1S/C48H47F7N10O3S/c1-26-33(48(53,54)55)38(59-40(56)34(26)49)39-35(50)37-32-41(62-44(61-37)69-25-46-14-5-17-64(46)24-45(22-46)23-47(45,51)52)65(18-19-68-43(32)60-39)27(2)36-42(58-16-15-57-36)63(20-28-6-10-30(66-3)11-7-28)21-29-8-12-31(67-4)13-9-29/h6-13,15-16,27H,5,14,17-25H2,1-4H3,(H2,56,59)/t27-,45-,46+/m1/s1. The molecule has 7 heterocycles. The lowest BCUT2D eigenvalue weighted by atomic mass is 9.90. The molecule has 3 fully saturated rings. The zero-order valence-electron chi connectivity index (χ0n) is 38.0. The van der Waals surface area contributed by atoms with Crippen LogP contribution in [0.4, 0.5) is 48.2 Å². The van der Waals surface area contributed by atoms with Gasteiger partial charge >= 0.3 is 6.18 Å². The van der Waals surface area contributed by atoms with Crippen molar-refractivity contribution in [2.45, 2.75) is 81.5 Å². The van der Waals surface area contributed by atoms with E-state index in [1.165, 1.54) is 0 Å². The van der Waals surface area contributed by atoms with Gasteiger partial charge in [-0.2, -0.15) is 13.2 Å².